The Kier molecular flexibility index (Phi) is 3.66. The molecule has 1 aromatic rings. The van der Waals surface area contributed by atoms with Crippen molar-refractivity contribution in [3.8, 4) is 0 Å². The zero-order valence-electron chi connectivity index (χ0n) is 8.77. The summed E-state index contributed by atoms with van der Waals surface area (Å²) in [6.45, 7) is 3.51. The average molecular weight is 210 g/mol. The lowest BCUT2D eigenvalue weighted by molar-refractivity contribution is -0.141. The molecule has 1 aromatic heterocycles. The summed E-state index contributed by atoms with van der Waals surface area (Å²) in [6, 6.07) is 3.19. The molecule has 1 heterocycles. The van der Waals surface area contributed by atoms with Gasteiger partial charge in [-0.05, 0) is 12.1 Å². The largest absolute Gasteiger partial charge is 0.481 e. The minimum absolute atomic E-state index is 0.0134. The molecule has 0 fully saturated rings. The molecule has 0 saturated carbocycles. The minimum atomic E-state index is -1.03. The molecule has 1 unspecified atom stereocenters. The summed E-state index contributed by atoms with van der Waals surface area (Å²) in [5, 5.41) is 8.96. The zero-order chi connectivity index (χ0) is 11.4. The van der Waals surface area contributed by atoms with Gasteiger partial charge in [0.15, 0.2) is 0 Å². The van der Waals surface area contributed by atoms with Crippen LogP contribution < -0.4 is 0 Å². The molecule has 4 nitrogen and oxygen atoms in total. The van der Waals surface area contributed by atoms with Crippen molar-refractivity contribution in [2.75, 3.05) is 0 Å². The summed E-state index contributed by atoms with van der Waals surface area (Å²) in [4.78, 5) is 22.4. The Balaban J connectivity index is 2.77. The summed E-state index contributed by atoms with van der Waals surface area (Å²) < 4.78 is 5.00. The fourth-order valence-corrected chi connectivity index (χ4v) is 1.24. The van der Waals surface area contributed by atoms with Crippen LogP contribution in [0.25, 0.3) is 0 Å². The third-order valence-corrected chi connectivity index (χ3v) is 2.23. The summed E-state index contributed by atoms with van der Waals surface area (Å²) in [5.41, 5.74) is 0. The molecule has 0 amide bonds. The van der Waals surface area contributed by atoms with E-state index in [1.165, 1.54) is 6.26 Å². The van der Waals surface area contributed by atoms with Gasteiger partial charge < -0.3 is 9.52 Å². The Morgan fingerprint density at radius 2 is 2.13 bits per heavy atom. The lowest BCUT2D eigenvalue weighted by atomic mass is 9.95. The van der Waals surface area contributed by atoms with E-state index in [0.717, 1.165) is 0 Å². The van der Waals surface area contributed by atoms with E-state index >= 15 is 0 Å². The molecule has 0 aliphatic rings. The van der Waals surface area contributed by atoms with E-state index in [4.69, 9.17) is 9.52 Å². The van der Waals surface area contributed by atoms with Crippen LogP contribution in [0.1, 0.15) is 31.9 Å². The van der Waals surface area contributed by atoms with E-state index in [9.17, 15) is 9.59 Å². The molecule has 4 heteroatoms. The molecule has 1 atom stereocenters. The van der Waals surface area contributed by atoms with Crippen LogP contribution in [-0.4, -0.2) is 16.9 Å². The SMILES string of the molecule is CC(C)C(=O)CC(C(=O)O)c1ccco1. The Bertz CT molecular complexity index is 337. The molecule has 0 radical (unpaired) electrons. The number of Topliss-reactive ketones (excluding diaryl/α,β-unsaturated/α-hetero) is 1. The van der Waals surface area contributed by atoms with Gasteiger partial charge in [0.2, 0.25) is 0 Å². The van der Waals surface area contributed by atoms with Crippen LogP contribution >= 0.6 is 0 Å². The average Bonchev–Trinajstić information content (AvgIpc) is 2.65. The highest BCUT2D eigenvalue weighted by molar-refractivity contribution is 5.87. The van der Waals surface area contributed by atoms with Crippen LogP contribution in [0.3, 0.4) is 0 Å². The summed E-state index contributed by atoms with van der Waals surface area (Å²) in [6.07, 6.45) is 1.39. The van der Waals surface area contributed by atoms with E-state index in [0.29, 0.717) is 5.76 Å². The van der Waals surface area contributed by atoms with Crippen LogP contribution in [0.5, 0.6) is 0 Å². The molecule has 0 spiro atoms. The van der Waals surface area contributed by atoms with Crippen LogP contribution in [0.4, 0.5) is 0 Å². The second kappa shape index (κ2) is 4.77. The van der Waals surface area contributed by atoms with Gasteiger partial charge in [0, 0.05) is 12.3 Å². The van der Waals surface area contributed by atoms with Crippen LogP contribution in [0.15, 0.2) is 22.8 Å². The second-order valence-electron chi connectivity index (χ2n) is 3.73. The fraction of sp³-hybridized carbons (Fsp3) is 0.455. The summed E-state index contributed by atoms with van der Waals surface area (Å²) >= 11 is 0. The number of carboxylic acids is 1. The van der Waals surface area contributed by atoms with Crippen molar-refractivity contribution < 1.29 is 19.1 Å². The first-order valence-electron chi connectivity index (χ1n) is 4.81. The number of carbonyl (C=O) groups is 2. The van der Waals surface area contributed by atoms with E-state index < -0.39 is 11.9 Å². The summed E-state index contributed by atoms with van der Waals surface area (Å²) in [5.74, 6) is -1.79. The fourth-order valence-electron chi connectivity index (χ4n) is 1.24. The first-order valence-corrected chi connectivity index (χ1v) is 4.81. The van der Waals surface area contributed by atoms with Gasteiger partial charge in [0.25, 0.3) is 0 Å². The highest BCUT2D eigenvalue weighted by Crippen LogP contribution is 2.22. The smallest absolute Gasteiger partial charge is 0.314 e. The molecule has 1 rings (SSSR count). The first-order chi connectivity index (χ1) is 7.02. The van der Waals surface area contributed by atoms with Gasteiger partial charge in [-0.2, -0.15) is 0 Å². The Morgan fingerprint density at radius 1 is 1.47 bits per heavy atom. The Morgan fingerprint density at radius 3 is 2.53 bits per heavy atom. The van der Waals surface area contributed by atoms with Gasteiger partial charge in [0.05, 0.1) is 6.26 Å². The number of furan rings is 1. The predicted molar refractivity (Wildman–Crippen MR) is 53.5 cm³/mol. The number of carbonyl (C=O) groups excluding carboxylic acids is 1. The van der Waals surface area contributed by atoms with E-state index in [2.05, 4.69) is 0 Å². The van der Waals surface area contributed by atoms with Crippen molar-refractivity contribution in [3.05, 3.63) is 24.2 Å². The van der Waals surface area contributed by atoms with Gasteiger partial charge in [-0.1, -0.05) is 13.8 Å². The Labute approximate surface area is 87.9 Å². The lowest BCUT2D eigenvalue weighted by Crippen LogP contribution is -2.18. The zero-order valence-corrected chi connectivity index (χ0v) is 8.77. The molecular formula is C11H14O4. The molecule has 0 aliphatic carbocycles. The molecule has 0 bridgehead atoms. The van der Waals surface area contributed by atoms with Gasteiger partial charge in [-0.15, -0.1) is 0 Å². The van der Waals surface area contributed by atoms with Gasteiger partial charge in [0.1, 0.15) is 17.5 Å². The molecule has 82 valence electrons. The van der Waals surface area contributed by atoms with Crippen LogP contribution in [0.2, 0.25) is 0 Å². The van der Waals surface area contributed by atoms with Crippen molar-refractivity contribution in [1.29, 1.82) is 0 Å². The van der Waals surface area contributed by atoms with Crippen molar-refractivity contribution in [2.24, 2.45) is 5.92 Å². The molecule has 1 N–H and O–H groups in total. The van der Waals surface area contributed by atoms with Crippen LogP contribution in [-0.2, 0) is 9.59 Å². The van der Waals surface area contributed by atoms with E-state index in [1.54, 1.807) is 26.0 Å². The number of hydrogen-bond acceptors (Lipinski definition) is 3. The van der Waals surface area contributed by atoms with Crippen molar-refractivity contribution in [2.45, 2.75) is 26.2 Å². The van der Waals surface area contributed by atoms with E-state index in [-0.39, 0.29) is 18.1 Å². The van der Waals surface area contributed by atoms with Gasteiger partial charge >= 0.3 is 5.97 Å². The van der Waals surface area contributed by atoms with Crippen molar-refractivity contribution in [3.63, 3.8) is 0 Å². The number of carboxylic acid groups (broad SMARTS) is 1. The topological polar surface area (TPSA) is 67.5 Å². The number of rotatable bonds is 5. The third-order valence-electron chi connectivity index (χ3n) is 2.23. The number of ketones is 1. The number of aliphatic carboxylic acids is 1. The Hall–Kier alpha value is -1.58. The maximum atomic E-state index is 11.4. The molecular weight excluding hydrogens is 196 g/mol. The van der Waals surface area contributed by atoms with Crippen molar-refractivity contribution >= 4 is 11.8 Å². The molecule has 0 aliphatic heterocycles. The minimum Gasteiger partial charge on any atom is -0.481 e. The standard InChI is InChI=1S/C11H14O4/c1-7(2)9(12)6-8(11(13)14)10-4-3-5-15-10/h3-5,7-8H,6H2,1-2H3,(H,13,14). The maximum Gasteiger partial charge on any atom is 0.314 e. The molecule has 15 heavy (non-hydrogen) atoms. The quantitative estimate of drug-likeness (QED) is 0.807. The predicted octanol–water partition coefficient (Wildman–Crippen LogP) is 2.06. The van der Waals surface area contributed by atoms with Gasteiger partial charge in [-0.25, -0.2) is 0 Å². The highest BCUT2D eigenvalue weighted by atomic mass is 16.4. The third kappa shape index (κ3) is 2.94. The van der Waals surface area contributed by atoms with Crippen LogP contribution in [0, 0.1) is 5.92 Å². The normalized spacial score (nSPS) is 12.7. The first kappa shape index (κ1) is 11.5. The molecule has 0 saturated heterocycles. The number of hydrogen-bond donors (Lipinski definition) is 1. The monoisotopic (exact) mass is 210 g/mol. The van der Waals surface area contributed by atoms with E-state index in [1.807, 2.05) is 0 Å². The van der Waals surface area contributed by atoms with Gasteiger partial charge in [-0.3, -0.25) is 9.59 Å². The molecule has 0 aromatic carbocycles. The second-order valence-corrected chi connectivity index (χ2v) is 3.73. The van der Waals surface area contributed by atoms with Crippen molar-refractivity contribution in [1.82, 2.24) is 0 Å². The lowest BCUT2D eigenvalue weighted by Gasteiger charge is -2.10. The maximum absolute atomic E-state index is 11.4. The summed E-state index contributed by atoms with van der Waals surface area (Å²) in [7, 11) is 0. The highest BCUT2D eigenvalue weighted by Gasteiger charge is 2.26.